The van der Waals surface area contributed by atoms with Gasteiger partial charge in [0.15, 0.2) is 16.7 Å². The molecule has 0 atom stereocenters. The van der Waals surface area contributed by atoms with Gasteiger partial charge in [0.25, 0.3) is 0 Å². The number of aromatic nitrogens is 2. The van der Waals surface area contributed by atoms with Crippen molar-refractivity contribution in [1.82, 2.24) is 9.55 Å². The minimum absolute atomic E-state index is 0.363. The summed E-state index contributed by atoms with van der Waals surface area (Å²) in [6.45, 7) is 0.896. The number of carbonyl (C=O) groups is 1. The largest absolute Gasteiger partial charge is 0.493 e. The molecule has 0 saturated carbocycles. The normalized spacial score (nSPS) is 12.7. The van der Waals surface area contributed by atoms with Crippen LogP contribution in [0.4, 0.5) is 10.1 Å². The van der Waals surface area contributed by atoms with Crippen molar-refractivity contribution in [3.8, 4) is 17.2 Å². The highest BCUT2D eigenvalue weighted by Crippen LogP contribution is 2.40. The third kappa shape index (κ3) is 4.83. The maximum absolute atomic E-state index is 13.8. The number of carbonyl (C=O) groups excluding carboxylic acids is 1. The van der Waals surface area contributed by atoms with Gasteiger partial charge in [-0.3, -0.25) is 4.79 Å². The highest BCUT2D eigenvalue weighted by atomic mass is 32.2. The molecule has 7 nitrogen and oxygen atoms in total. The van der Waals surface area contributed by atoms with E-state index < -0.39 is 11.7 Å². The molecule has 1 aromatic heterocycles. The molecule has 1 aliphatic rings. The third-order valence-corrected chi connectivity index (χ3v) is 5.61. The van der Waals surface area contributed by atoms with Crippen LogP contribution in [0.15, 0.2) is 58.9 Å². The van der Waals surface area contributed by atoms with E-state index in [0.29, 0.717) is 46.6 Å². The van der Waals surface area contributed by atoms with Crippen molar-refractivity contribution < 1.29 is 23.4 Å². The Morgan fingerprint density at radius 2 is 2.13 bits per heavy atom. The number of anilines is 1. The van der Waals surface area contributed by atoms with Gasteiger partial charge in [-0.05, 0) is 53.7 Å². The van der Waals surface area contributed by atoms with Crippen molar-refractivity contribution >= 4 is 29.4 Å². The second kappa shape index (κ2) is 9.13. The van der Waals surface area contributed by atoms with Crippen LogP contribution >= 0.6 is 11.8 Å². The summed E-state index contributed by atoms with van der Waals surface area (Å²) < 4.78 is 32.2. The molecule has 0 bridgehead atoms. The van der Waals surface area contributed by atoms with Crippen molar-refractivity contribution in [2.75, 3.05) is 25.6 Å². The van der Waals surface area contributed by atoms with Crippen LogP contribution in [-0.2, 0) is 11.8 Å². The molecule has 31 heavy (non-hydrogen) atoms. The van der Waals surface area contributed by atoms with E-state index in [-0.39, 0.29) is 0 Å². The first kappa shape index (κ1) is 20.8. The number of rotatable bonds is 6. The number of fused-ring (bicyclic) bond motifs is 1. The number of benzene rings is 2. The van der Waals surface area contributed by atoms with Gasteiger partial charge < -0.3 is 24.1 Å². The summed E-state index contributed by atoms with van der Waals surface area (Å²) in [5.74, 6) is 0.785. The lowest BCUT2D eigenvalue weighted by Crippen LogP contribution is -2.16. The van der Waals surface area contributed by atoms with E-state index in [1.54, 1.807) is 37.6 Å². The molecule has 0 aliphatic carbocycles. The second-order valence-electron chi connectivity index (χ2n) is 6.63. The van der Waals surface area contributed by atoms with Crippen molar-refractivity contribution in [2.24, 2.45) is 7.05 Å². The molecule has 2 aromatic carbocycles. The summed E-state index contributed by atoms with van der Waals surface area (Å²) in [6.07, 6.45) is 6.48. The summed E-state index contributed by atoms with van der Waals surface area (Å²) in [7, 11) is 3.40. The zero-order valence-corrected chi connectivity index (χ0v) is 17.7. The molecule has 160 valence electrons. The Balaban J connectivity index is 1.52. The van der Waals surface area contributed by atoms with Gasteiger partial charge in [0.1, 0.15) is 19.0 Å². The van der Waals surface area contributed by atoms with Gasteiger partial charge in [0.2, 0.25) is 11.7 Å². The quantitative estimate of drug-likeness (QED) is 0.580. The average Bonchev–Trinajstić information content (AvgIpc) is 3.18. The molecule has 1 aliphatic heterocycles. The number of nitrogens with one attached hydrogen (secondary N) is 1. The van der Waals surface area contributed by atoms with E-state index >= 15 is 0 Å². The van der Waals surface area contributed by atoms with E-state index in [0.717, 1.165) is 5.16 Å². The second-order valence-corrected chi connectivity index (χ2v) is 7.64. The summed E-state index contributed by atoms with van der Waals surface area (Å²) in [4.78, 5) is 17.5. The van der Waals surface area contributed by atoms with Gasteiger partial charge >= 0.3 is 0 Å². The molecule has 3 aromatic rings. The molecule has 9 heteroatoms. The summed E-state index contributed by atoms with van der Waals surface area (Å²) in [6, 6.07) is 7.76. The first-order chi connectivity index (χ1) is 15.0. The SMILES string of the molecule is COc1cc(/C=C/C(=O)Nc2cc(F)ccc2Sc2nccn2C)cc2c1OCCO2. The fourth-order valence-corrected chi connectivity index (χ4v) is 3.84. The van der Waals surface area contributed by atoms with Crippen LogP contribution in [0.1, 0.15) is 5.56 Å². The summed E-state index contributed by atoms with van der Waals surface area (Å²) >= 11 is 1.33. The van der Waals surface area contributed by atoms with E-state index in [1.807, 2.05) is 17.8 Å². The minimum atomic E-state index is -0.444. The fraction of sp³-hybridized carbons (Fsp3) is 0.182. The van der Waals surface area contributed by atoms with Crippen molar-refractivity contribution in [1.29, 1.82) is 0 Å². The topological polar surface area (TPSA) is 74.6 Å². The van der Waals surface area contributed by atoms with Gasteiger partial charge in [-0.15, -0.1) is 0 Å². The Morgan fingerprint density at radius 3 is 2.90 bits per heavy atom. The lowest BCUT2D eigenvalue weighted by atomic mass is 10.1. The Morgan fingerprint density at radius 1 is 1.29 bits per heavy atom. The third-order valence-electron chi connectivity index (χ3n) is 4.46. The maximum atomic E-state index is 13.8. The number of halogens is 1. The van der Waals surface area contributed by atoms with Crippen LogP contribution in [0.25, 0.3) is 6.08 Å². The van der Waals surface area contributed by atoms with Gasteiger partial charge in [-0.25, -0.2) is 9.37 Å². The smallest absolute Gasteiger partial charge is 0.248 e. The number of aryl methyl sites for hydroxylation is 1. The maximum Gasteiger partial charge on any atom is 0.248 e. The van der Waals surface area contributed by atoms with Gasteiger partial charge in [0, 0.05) is 30.4 Å². The van der Waals surface area contributed by atoms with E-state index in [1.165, 1.54) is 30.0 Å². The number of nitrogens with zero attached hydrogens (tertiary/aromatic N) is 2. The zero-order valence-electron chi connectivity index (χ0n) is 16.9. The Kier molecular flexibility index (Phi) is 6.13. The molecular formula is C22H20FN3O4S. The van der Waals surface area contributed by atoms with Crippen LogP contribution in [0.5, 0.6) is 17.2 Å². The monoisotopic (exact) mass is 441 g/mol. The van der Waals surface area contributed by atoms with Crippen molar-refractivity contribution in [2.45, 2.75) is 10.1 Å². The first-order valence-corrected chi connectivity index (χ1v) is 10.3. The summed E-state index contributed by atoms with van der Waals surface area (Å²) in [5.41, 5.74) is 1.07. The molecule has 0 spiro atoms. The molecule has 0 radical (unpaired) electrons. The predicted octanol–water partition coefficient (Wildman–Crippen LogP) is 4.14. The van der Waals surface area contributed by atoms with Gasteiger partial charge in [0.05, 0.1) is 12.8 Å². The number of hydrogen-bond donors (Lipinski definition) is 1. The molecule has 0 fully saturated rings. The van der Waals surface area contributed by atoms with Crippen LogP contribution in [-0.4, -0.2) is 35.8 Å². The number of ether oxygens (including phenoxy) is 3. The van der Waals surface area contributed by atoms with E-state index in [9.17, 15) is 9.18 Å². The van der Waals surface area contributed by atoms with Gasteiger partial charge in [-0.2, -0.15) is 0 Å². The standard InChI is InChI=1S/C22H20FN3O4S/c1-26-8-7-24-22(26)31-19-5-4-15(23)13-16(19)25-20(27)6-3-14-11-17(28-2)21-18(12-14)29-9-10-30-21/h3-8,11-13H,9-10H2,1-2H3,(H,25,27)/b6-3+. The van der Waals surface area contributed by atoms with Crippen molar-refractivity contribution in [3.05, 3.63) is 60.2 Å². The lowest BCUT2D eigenvalue weighted by molar-refractivity contribution is -0.111. The van der Waals surface area contributed by atoms with Crippen LogP contribution in [0, 0.1) is 5.82 Å². The average molecular weight is 441 g/mol. The molecular weight excluding hydrogens is 421 g/mol. The molecule has 2 heterocycles. The van der Waals surface area contributed by atoms with Crippen molar-refractivity contribution in [3.63, 3.8) is 0 Å². The predicted molar refractivity (Wildman–Crippen MR) is 115 cm³/mol. The Labute approximate surface area is 182 Å². The molecule has 0 saturated heterocycles. The van der Waals surface area contributed by atoms with Crippen LogP contribution in [0.2, 0.25) is 0 Å². The minimum Gasteiger partial charge on any atom is -0.493 e. The molecule has 0 unspecified atom stereocenters. The Bertz CT molecular complexity index is 1130. The van der Waals surface area contributed by atoms with Crippen LogP contribution in [0.3, 0.4) is 0 Å². The molecule has 4 rings (SSSR count). The molecule has 1 N–H and O–H groups in total. The van der Waals surface area contributed by atoms with Gasteiger partial charge in [-0.1, -0.05) is 0 Å². The highest BCUT2D eigenvalue weighted by molar-refractivity contribution is 7.99. The molecule has 1 amide bonds. The van der Waals surface area contributed by atoms with Crippen LogP contribution < -0.4 is 19.5 Å². The van der Waals surface area contributed by atoms with E-state index in [2.05, 4.69) is 10.3 Å². The first-order valence-electron chi connectivity index (χ1n) is 9.45. The number of imidazole rings is 1. The lowest BCUT2D eigenvalue weighted by Gasteiger charge is -2.20. The number of amides is 1. The Hall–Kier alpha value is -3.46. The number of methoxy groups -OCH3 is 1. The highest BCUT2D eigenvalue weighted by Gasteiger charge is 2.18. The number of hydrogen-bond acceptors (Lipinski definition) is 6. The summed E-state index contributed by atoms with van der Waals surface area (Å²) in [5, 5.41) is 3.46. The van der Waals surface area contributed by atoms with E-state index in [4.69, 9.17) is 14.2 Å². The zero-order chi connectivity index (χ0) is 21.8. The fourth-order valence-electron chi connectivity index (χ4n) is 2.97.